The van der Waals surface area contributed by atoms with E-state index in [1.165, 1.54) is 11.1 Å². The van der Waals surface area contributed by atoms with Crippen LogP contribution >= 0.6 is 0 Å². The molecule has 1 aliphatic rings. The van der Waals surface area contributed by atoms with Crippen molar-refractivity contribution in [1.29, 1.82) is 0 Å². The number of hydrogen-bond acceptors (Lipinski definition) is 4. The van der Waals surface area contributed by atoms with Gasteiger partial charge < -0.3 is 10.3 Å². The van der Waals surface area contributed by atoms with Crippen LogP contribution in [0.25, 0.3) is 0 Å². The zero-order valence-electron chi connectivity index (χ0n) is 12.7. The Kier molecular flexibility index (Phi) is 4.06. The van der Waals surface area contributed by atoms with E-state index in [9.17, 15) is 0 Å². The first-order chi connectivity index (χ1) is 10.2. The van der Waals surface area contributed by atoms with Gasteiger partial charge >= 0.3 is 0 Å². The molecule has 2 N–H and O–H groups in total. The molecule has 0 aliphatic heterocycles. The van der Waals surface area contributed by atoms with E-state index in [0.717, 1.165) is 31.5 Å². The van der Waals surface area contributed by atoms with Crippen molar-refractivity contribution in [2.45, 2.75) is 51.5 Å². The number of hydrogen-bond donors (Lipinski definition) is 1. The van der Waals surface area contributed by atoms with Crippen molar-refractivity contribution in [3.05, 3.63) is 47.1 Å². The Morgan fingerprint density at radius 1 is 1.33 bits per heavy atom. The van der Waals surface area contributed by atoms with Crippen LogP contribution < -0.4 is 5.73 Å². The summed E-state index contributed by atoms with van der Waals surface area (Å²) in [5.74, 6) is 2.10. The quantitative estimate of drug-likeness (QED) is 0.935. The second kappa shape index (κ2) is 5.98. The van der Waals surface area contributed by atoms with Crippen LogP contribution in [-0.2, 0) is 12.8 Å². The molecule has 2 aromatic rings. The lowest BCUT2D eigenvalue weighted by molar-refractivity contribution is 0.309. The van der Waals surface area contributed by atoms with Crippen LogP contribution in [0.5, 0.6) is 0 Å². The molecule has 1 heterocycles. The van der Waals surface area contributed by atoms with Gasteiger partial charge in [0, 0.05) is 5.92 Å². The summed E-state index contributed by atoms with van der Waals surface area (Å²) in [4.78, 5) is 4.57. The first-order valence-corrected chi connectivity index (χ1v) is 7.85. The predicted octanol–water partition coefficient (Wildman–Crippen LogP) is 3.39. The van der Waals surface area contributed by atoms with Crippen LogP contribution in [0.2, 0.25) is 0 Å². The Bertz CT molecular complexity index is 608. The van der Waals surface area contributed by atoms with E-state index in [0.29, 0.717) is 17.7 Å². The summed E-state index contributed by atoms with van der Waals surface area (Å²) in [5.41, 5.74) is 9.03. The molecule has 0 saturated carbocycles. The third kappa shape index (κ3) is 2.86. The summed E-state index contributed by atoms with van der Waals surface area (Å²) < 4.78 is 5.40. The van der Waals surface area contributed by atoms with Gasteiger partial charge in [0.2, 0.25) is 5.89 Å². The highest BCUT2D eigenvalue weighted by molar-refractivity contribution is 5.31. The summed E-state index contributed by atoms with van der Waals surface area (Å²) in [7, 11) is 0. The highest BCUT2D eigenvalue weighted by Gasteiger charge is 2.26. The van der Waals surface area contributed by atoms with Crippen LogP contribution in [0, 0.1) is 5.92 Å². The van der Waals surface area contributed by atoms with E-state index in [2.05, 4.69) is 48.3 Å². The molecule has 1 aliphatic carbocycles. The van der Waals surface area contributed by atoms with Gasteiger partial charge in [-0.1, -0.05) is 49.7 Å². The summed E-state index contributed by atoms with van der Waals surface area (Å²) in [6.07, 6.45) is 4.17. The van der Waals surface area contributed by atoms with Crippen LogP contribution in [0.4, 0.5) is 0 Å². The molecule has 3 rings (SSSR count). The lowest BCUT2D eigenvalue weighted by Crippen LogP contribution is -2.19. The Morgan fingerprint density at radius 3 is 2.86 bits per heavy atom. The number of fused-ring (bicyclic) bond motifs is 1. The molecule has 1 aromatic heterocycles. The average Bonchev–Trinajstić information content (AvgIpc) is 3.02. The van der Waals surface area contributed by atoms with Crippen molar-refractivity contribution in [2.75, 3.05) is 0 Å². The van der Waals surface area contributed by atoms with Gasteiger partial charge in [-0.3, -0.25) is 0 Å². The van der Waals surface area contributed by atoms with E-state index in [-0.39, 0.29) is 6.04 Å². The lowest BCUT2D eigenvalue weighted by Gasteiger charge is -2.21. The zero-order chi connectivity index (χ0) is 14.8. The van der Waals surface area contributed by atoms with E-state index in [1.807, 2.05) is 0 Å². The lowest BCUT2D eigenvalue weighted by atomic mass is 9.83. The molecule has 0 bridgehead atoms. The molecule has 112 valence electrons. The van der Waals surface area contributed by atoms with Crippen molar-refractivity contribution >= 4 is 0 Å². The summed E-state index contributed by atoms with van der Waals surface area (Å²) in [6.45, 7) is 4.24. The van der Waals surface area contributed by atoms with Crippen molar-refractivity contribution in [3.63, 3.8) is 0 Å². The highest BCUT2D eigenvalue weighted by atomic mass is 16.5. The fourth-order valence-electron chi connectivity index (χ4n) is 2.96. The average molecular weight is 285 g/mol. The van der Waals surface area contributed by atoms with Crippen LogP contribution in [0.15, 0.2) is 28.8 Å². The Labute approximate surface area is 125 Å². The zero-order valence-corrected chi connectivity index (χ0v) is 12.7. The minimum Gasteiger partial charge on any atom is -0.338 e. The summed E-state index contributed by atoms with van der Waals surface area (Å²) in [5, 5.41) is 4.18. The van der Waals surface area contributed by atoms with Gasteiger partial charge in [0.1, 0.15) is 0 Å². The molecule has 4 heteroatoms. The SMILES string of the molecule is CCC(C)C(N)c1nc(C2CCc3ccccc3C2)no1. The van der Waals surface area contributed by atoms with Crippen LogP contribution in [0.3, 0.4) is 0 Å². The van der Waals surface area contributed by atoms with Crippen molar-refractivity contribution in [3.8, 4) is 0 Å². The van der Waals surface area contributed by atoms with Crippen LogP contribution in [-0.4, -0.2) is 10.1 Å². The first kappa shape index (κ1) is 14.3. The smallest absolute Gasteiger partial charge is 0.243 e. The van der Waals surface area contributed by atoms with Gasteiger partial charge in [-0.15, -0.1) is 0 Å². The van der Waals surface area contributed by atoms with E-state index in [1.54, 1.807) is 0 Å². The summed E-state index contributed by atoms with van der Waals surface area (Å²) >= 11 is 0. The minimum atomic E-state index is -0.160. The van der Waals surface area contributed by atoms with Gasteiger partial charge in [0.05, 0.1) is 6.04 Å². The molecule has 3 unspecified atom stereocenters. The van der Waals surface area contributed by atoms with Crippen molar-refractivity contribution in [1.82, 2.24) is 10.1 Å². The molecule has 0 saturated heterocycles. The number of rotatable bonds is 4. The van der Waals surface area contributed by atoms with Gasteiger partial charge in [0.25, 0.3) is 0 Å². The van der Waals surface area contributed by atoms with E-state index >= 15 is 0 Å². The standard InChI is InChI=1S/C17H23N3O/c1-3-11(2)15(18)17-19-16(20-21-17)14-9-8-12-6-4-5-7-13(12)10-14/h4-7,11,14-15H,3,8-10,18H2,1-2H3. The monoisotopic (exact) mass is 285 g/mol. The molecular weight excluding hydrogens is 262 g/mol. The topological polar surface area (TPSA) is 64.9 Å². The molecule has 1 aromatic carbocycles. The molecule has 0 spiro atoms. The molecule has 0 amide bonds. The Balaban J connectivity index is 1.76. The molecule has 0 radical (unpaired) electrons. The van der Waals surface area contributed by atoms with Gasteiger partial charge in [-0.2, -0.15) is 4.98 Å². The van der Waals surface area contributed by atoms with Crippen molar-refractivity contribution < 1.29 is 4.52 Å². The van der Waals surface area contributed by atoms with Gasteiger partial charge in [0.15, 0.2) is 5.82 Å². The molecular formula is C17H23N3O. The number of benzene rings is 1. The fourth-order valence-corrected chi connectivity index (χ4v) is 2.96. The fraction of sp³-hybridized carbons (Fsp3) is 0.529. The van der Waals surface area contributed by atoms with Gasteiger partial charge in [-0.05, 0) is 36.3 Å². The highest BCUT2D eigenvalue weighted by Crippen LogP contribution is 2.32. The first-order valence-electron chi connectivity index (χ1n) is 7.85. The van der Waals surface area contributed by atoms with Crippen LogP contribution in [0.1, 0.15) is 61.5 Å². The number of nitrogens with zero attached hydrogens (tertiary/aromatic N) is 2. The molecule has 21 heavy (non-hydrogen) atoms. The number of aromatic nitrogens is 2. The second-order valence-corrected chi connectivity index (χ2v) is 6.11. The maximum absolute atomic E-state index is 6.17. The van der Waals surface area contributed by atoms with Crippen molar-refractivity contribution in [2.24, 2.45) is 11.7 Å². The van der Waals surface area contributed by atoms with Gasteiger partial charge in [-0.25, -0.2) is 0 Å². The Hall–Kier alpha value is -1.68. The number of nitrogens with two attached hydrogens (primary N) is 1. The minimum absolute atomic E-state index is 0.160. The summed E-state index contributed by atoms with van der Waals surface area (Å²) in [6, 6.07) is 8.46. The predicted molar refractivity (Wildman–Crippen MR) is 81.9 cm³/mol. The maximum Gasteiger partial charge on any atom is 0.243 e. The van der Waals surface area contributed by atoms with E-state index < -0.39 is 0 Å². The molecule has 3 atom stereocenters. The Morgan fingerprint density at radius 2 is 2.10 bits per heavy atom. The normalized spacial score (nSPS) is 20.8. The second-order valence-electron chi connectivity index (χ2n) is 6.11. The van der Waals surface area contributed by atoms with E-state index in [4.69, 9.17) is 10.3 Å². The third-order valence-electron chi connectivity index (χ3n) is 4.71. The maximum atomic E-state index is 6.17. The number of aryl methyl sites for hydroxylation is 1. The third-order valence-corrected chi connectivity index (χ3v) is 4.71. The molecule has 0 fully saturated rings. The largest absolute Gasteiger partial charge is 0.338 e. The molecule has 4 nitrogen and oxygen atoms in total.